The lowest BCUT2D eigenvalue weighted by Gasteiger charge is -2.22. The zero-order valence-corrected chi connectivity index (χ0v) is 10.2. The van der Waals surface area contributed by atoms with Crippen LogP contribution in [0.3, 0.4) is 0 Å². The fourth-order valence-corrected chi connectivity index (χ4v) is 3.13. The van der Waals surface area contributed by atoms with Crippen molar-refractivity contribution >= 4 is 10.9 Å². The summed E-state index contributed by atoms with van der Waals surface area (Å²) in [6.45, 7) is 5.55. The fraction of sp³-hybridized carbons (Fsp3) is 0.429. The van der Waals surface area contributed by atoms with Gasteiger partial charge in [0.15, 0.2) is 0 Å². The summed E-state index contributed by atoms with van der Waals surface area (Å²) in [5.74, 6) is 0. The molecule has 0 radical (unpaired) electrons. The molecule has 1 aliphatic heterocycles. The van der Waals surface area contributed by atoms with Gasteiger partial charge in [0, 0.05) is 24.2 Å². The molecule has 2 aromatic rings. The lowest BCUT2D eigenvalue weighted by Crippen LogP contribution is -2.28. The lowest BCUT2D eigenvalue weighted by molar-refractivity contribution is 0.515. The van der Waals surface area contributed by atoms with Crippen molar-refractivity contribution in [2.75, 3.05) is 6.54 Å². The minimum atomic E-state index is 0.473. The van der Waals surface area contributed by atoms with Crippen LogP contribution in [0.2, 0.25) is 0 Å². The minimum absolute atomic E-state index is 0.473. The van der Waals surface area contributed by atoms with Gasteiger partial charge in [-0.25, -0.2) is 0 Å². The molecule has 0 bridgehead atoms. The number of nitrogens with zero attached hydrogens (tertiary/aromatic N) is 1. The molecule has 0 aliphatic carbocycles. The monoisotopic (exact) mass is 214 g/mol. The van der Waals surface area contributed by atoms with Gasteiger partial charge in [-0.2, -0.15) is 0 Å². The number of rotatable bonds is 0. The van der Waals surface area contributed by atoms with E-state index in [4.69, 9.17) is 0 Å². The molecule has 1 N–H and O–H groups in total. The van der Waals surface area contributed by atoms with E-state index in [1.54, 1.807) is 5.56 Å². The molecule has 0 spiro atoms. The minimum Gasteiger partial charge on any atom is -0.346 e. The molecule has 0 fully saturated rings. The maximum Gasteiger partial charge on any atom is 0.0512 e. The van der Waals surface area contributed by atoms with Crippen LogP contribution in [-0.4, -0.2) is 11.1 Å². The van der Waals surface area contributed by atoms with Gasteiger partial charge < -0.3 is 9.88 Å². The maximum atomic E-state index is 3.54. The molecule has 2 heterocycles. The van der Waals surface area contributed by atoms with E-state index in [9.17, 15) is 0 Å². The first kappa shape index (κ1) is 9.91. The molecule has 0 amide bonds. The summed E-state index contributed by atoms with van der Waals surface area (Å²) in [7, 11) is 2.19. The highest BCUT2D eigenvalue weighted by Crippen LogP contribution is 2.33. The number of hydrogen-bond donors (Lipinski definition) is 1. The van der Waals surface area contributed by atoms with Crippen molar-refractivity contribution in [3.63, 3.8) is 0 Å². The number of aromatic nitrogens is 1. The number of hydrogen-bond acceptors (Lipinski definition) is 1. The largest absolute Gasteiger partial charge is 0.346 e. The van der Waals surface area contributed by atoms with Gasteiger partial charge in [0.1, 0.15) is 0 Å². The molecule has 16 heavy (non-hydrogen) atoms. The molecule has 1 aromatic carbocycles. The van der Waals surface area contributed by atoms with E-state index in [0.717, 1.165) is 13.0 Å². The third-order valence-corrected chi connectivity index (χ3v) is 3.80. The van der Waals surface area contributed by atoms with Crippen molar-refractivity contribution in [3.8, 4) is 0 Å². The highest BCUT2D eigenvalue weighted by molar-refractivity contribution is 5.88. The molecule has 1 aromatic heterocycles. The predicted molar refractivity (Wildman–Crippen MR) is 67.8 cm³/mol. The zero-order chi connectivity index (χ0) is 11.3. The number of nitrogens with one attached hydrogen (secondary N) is 1. The Bertz CT molecular complexity index is 551. The number of para-hydroxylation sites is 1. The Morgan fingerprint density at radius 2 is 2.19 bits per heavy atom. The summed E-state index contributed by atoms with van der Waals surface area (Å²) in [6, 6.07) is 7.11. The second-order valence-corrected chi connectivity index (χ2v) is 4.82. The van der Waals surface area contributed by atoms with Crippen LogP contribution in [0, 0.1) is 6.92 Å². The first-order valence-electron chi connectivity index (χ1n) is 6.00. The molecule has 0 saturated carbocycles. The summed E-state index contributed by atoms with van der Waals surface area (Å²) in [5.41, 5.74) is 5.80. The number of aryl methyl sites for hydroxylation is 2. The third-order valence-electron chi connectivity index (χ3n) is 3.80. The van der Waals surface area contributed by atoms with Gasteiger partial charge in [-0.1, -0.05) is 18.2 Å². The van der Waals surface area contributed by atoms with Gasteiger partial charge in [-0.05, 0) is 37.9 Å². The summed E-state index contributed by atoms with van der Waals surface area (Å²) in [5, 5.41) is 4.99. The topological polar surface area (TPSA) is 17.0 Å². The van der Waals surface area contributed by atoms with Gasteiger partial charge in [-0.15, -0.1) is 0 Å². The van der Waals surface area contributed by atoms with Crippen LogP contribution < -0.4 is 5.32 Å². The highest BCUT2D eigenvalue weighted by atomic mass is 15.0. The number of benzene rings is 1. The van der Waals surface area contributed by atoms with Crippen LogP contribution in [0.25, 0.3) is 10.9 Å². The molecule has 0 saturated heterocycles. The Morgan fingerprint density at radius 3 is 3.00 bits per heavy atom. The van der Waals surface area contributed by atoms with Crippen LogP contribution in [0.5, 0.6) is 0 Å². The lowest BCUT2D eigenvalue weighted by atomic mass is 10.00. The molecule has 1 unspecified atom stereocenters. The van der Waals surface area contributed by atoms with E-state index < -0.39 is 0 Å². The van der Waals surface area contributed by atoms with Crippen molar-refractivity contribution in [2.24, 2.45) is 7.05 Å². The van der Waals surface area contributed by atoms with Crippen LogP contribution in [0.15, 0.2) is 18.2 Å². The average Bonchev–Trinajstić information content (AvgIpc) is 2.56. The molecule has 2 nitrogen and oxygen atoms in total. The normalized spacial score (nSPS) is 20.1. The van der Waals surface area contributed by atoms with Gasteiger partial charge in [0.25, 0.3) is 0 Å². The molecule has 2 heteroatoms. The average molecular weight is 214 g/mol. The van der Waals surface area contributed by atoms with Crippen molar-refractivity contribution < 1.29 is 0 Å². The Labute approximate surface area is 96.3 Å². The van der Waals surface area contributed by atoms with Crippen molar-refractivity contribution in [2.45, 2.75) is 26.3 Å². The Kier molecular flexibility index (Phi) is 2.08. The fourth-order valence-electron chi connectivity index (χ4n) is 3.13. The van der Waals surface area contributed by atoms with Crippen LogP contribution >= 0.6 is 0 Å². The predicted octanol–water partition coefficient (Wildman–Crippen LogP) is 2.69. The third kappa shape index (κ3) is 1.17. The van der Waals surface area contributed by atoms with Gasteiger partial charge in [0.2, 0.25) is 0 Å². The van der Waals surface area contributed by atoms with Gasteiger partial charge in [-0.3, -0.25) is 0 Å². The summed E-state index contributed by atoms with van der Waals surface area (Å²) >= 11 is 0. The number of fused-ring (bicyclic) bond motifs is 3. The summed E-state index contributed by atoms with van der Waals surface area (Å²) < 4.78 is 2.37. The van der Waals surface area contributed by atoms with E-state index in [0.29, 0.717) is 6.04 Å². The van der Waals surface area contributed by atoms with E-state index in [-0.39, 0.29) is 0 Å². The Hall–Kier alpha value is -1.28. The summed E-state index contributed by atoms with van der Waals surface area (Å²) in [4.78, 5) is 0. The van der Waals surface area contributed by atoms with Gasteiger partial charge >= 0.3 is 0 Å². The zero-order valence-electron chi connectivity index (χ0n) is 10.2. The molecule has 1 atom stereocenters. The van der Waals surface area contributed by atoms with Crippen LogP contribution in [0.4, 0.5) is 0 Å². The van der Waals surface area contributed by atoms with E-state index in [2.05, 4.69) is 49.0 Å². The van der Waals surface area contributed by atoms with Crippen molar-refractivity contribution in [1.82, 2.24) is 9.88 Å². The molecular weight excluding hydrogens is 196 g/mol. The van der Waals surface area contributed by atoms with Crippen molar-refractivity contribution in [1.29, 1.82) is 0 Å². The van der Waals surface area contributed by atoms with E-state index in [1.807, 2.05) is 0 Å². The van der Waals surface area contributed by atoms with Crippen LogP contribution in [0.1, 0.15) is 29.8 Å². The second-order valence-electron chi connectivity index (χ2n) is 4.82. The second kappa shape index (κ2) is 3.36. The highest BCUT2D eigenvalue weighted by Gasteiger charge is 2.23. The van der Waals surface area contributed by atoms with Gasteiger partial charge in [0.05, 0.1) is 5.52 Å². The quantitative estimate of drug-likeness (QED) is 0.713. The Balaban J connectivity index is 2.43. The summed E-state index contributed by atoms with van der Waals surface area (Å²) in [6.07, 6.45) is 1.15. The molecule has 1 aliphatic rings. The van der Waals surface area contributed by atoms with E-state index >= 15 is 0 Å². The SMILES string of the molecule is Cc1cccc2c3c(n(C)c12)C(C)NCC3. The smallest absolute Gasteiger partial charge is 0.0512 e. The Morgan fingerprint density at radius 1 is 1.38 bits per heavy atom. The standard InChI is InChI=1S/C14H18N2/c1-9-5-4-6-11-12-7-8-15-10(2)14(12)16(3)13(9)11/h4-6,10,15H,7-8H2,1-3H3. The van der Waals surface area contributed by atoms with Crippen LogP contribution in [-0.2, 0) is 13.5 Å². The molecule has 3 rings (SSSR count). The van der Waals surface area contributed by atoms with E-state index in [1.165, 1.54) is 22.2 Å². The van der Waals surface area contributed by atoms with Crippen molar-refractivity contribution in [3.05, 3.63) is 35.0 Å². The first-order chi connectivity index (χ1) is 7.70. The molecular formula is C14H18N2. The first-order valence-corrected chi connectivity index (χ1v) is 6.00. The molecule has 84 valence electrons. The maximum absolute atomic E-state index is 3.54.